The van der Waals surface area contributed by atoms with Crippen LogP contribution < -0.4 is 14.8 Å². The van der Waals surface area contributed by atoms with E-state index in [9.17, 15) is 0 Å². The van der Waals surface area contributed by atoms with Crippen LogP contribution in [0.3, 0.4) is 0 Å². The standard InChI is InChI=1S/C18H21NO2/c1-13(2)21-17-9-5-3-7-14(17)11-19-16-12-20-18-10-6-4-8-15(16)18/h3-10,13,16,19H,11-12H2,1-2H3. The van der Waals surface area contributed by atoms with Gasteiger partial charge in [0.1, 0.15) is 18.1 Å². The maximum Gasteiger partial charge on any atom is 0.124 e. The Bertz CT molecular complexity index is 610. The molecular weight excluding hydrogens is 262 g/mol. The predicted molar refractivity (Wildman–Crippen MR) is 83.7 cm³/mol. The summed E-state index contributed by atoms with van der Waals surface area (Å²) >= 11 is 0. The Morgan fingerprint density at radius 2 is 1.90 bits per heavy atom. The first kappa shape index (κ1) is 14.0. The molecule has 1 aliphatic rings. The van der Waals surface area contributed by atoms with E-state index in [2.05, 4.69) is 23.5 Å². The topological polar surface area (TPSA) is 30.5 Å². The lowest BCUT2D eigenvalue weighted by atomic mass is 10.1. The van der Waals surface area contributed by atoms with Crippen molar-refractivity contribution in [3.8, 4) is 11.5 Å². The van der Waals surface area contributed by atoms with Crippen molar-refractivity contribution < 1.29 is 9.47 Å². The maximum absolute atomic E-state index is 5.86. The quantitative estimate of drug-likeness (QED) is 0.907. The summed E-state index contributed by atoms with van der Waals surface area (Å²) in [5.74, 6) is 1.94. The van der Waals surface area contributed by atoms with Gasteiger partial charge in [-0.05, 0) is 26.0 Å². The lowest BCUT2D eigenvalue weighted by Crippen LogP contribution is -2.22. The molecule has 1 heterocycles. The summed E-state index contributed by atoms with van der Waals surface area (Å²) in [6.45, 7) is 5.55. The molecule has 21 heavy (non-hydrogen) atoms. The molecule has 0 aromatic heterocycles. The van der Waals surface area contributed by atoms with E-state index in [0.717, 1.165) is 18.0 Å². The number of hydrogen-bond acceptors (Lipinski definition) is 3. The zero-order valence-corrected chi connectivity index (χ0v) is 12.5. The van der Waals surface area contributed by atoms with Gasteiger partial charge in [0.15, 0.2) is 0 Å². The molecule has 0 fully saturated rings. The van der Waals surface area contributed by atoms with Gasteiger partial charge in [0.25, 0.3) is 0 Å². The van der Waals surface area contributed by atoms with Gasteiger partial charge in [-0.1, -0.05) is 36.4 Å². The van der Waals surface area contributed by atoms with E-state index in [1.165, 1.54) is 11.1 Å². The molecular formula is C18H21NO2. The smallest absolute Gasteiger partial charge is 0.124 e. The molecule has 1 unspecified atom stereocenters. The van der Waals surface area contributed by atoms with Crippen LogP contribution in [-0.2, 0) is 6.54 Å². The summed E-state index contributed by atoms with van der Waals surface area (Å²) in [6, 6.07) is 16.6. The minimum absolute atomic E-state index is 0.182. The van der Waals surface area contributed by atoms with E-state index in [1.54, 1.807) is 0 Å². The van der Waals surface area contributed by atoms with Crippen molar-refractivity contribution in [2.75, 3.05) is 6.61 Å². The minimum Gasteiger partial charge on any atom is -0.491 e. The predicted octanol–water partition coefficient (Wildman–Crippen LogP) is 3.70. The Labute approximate surface area is 125 Å². The Kier molecular flexibility index (Phi) is 4.11. The highest BCUT2D eigenvalue weighted by Gasteiger charge is 2.23. The van der Waals surface area contributed by atoms with Crippen LogP contribution in [0.1, 0.15) is 31.0 Å². The van der Waals surface area contributed by atoms with Crippen molar-refractivity contribution in [1.29, 1.82) is 0 Å². The molecule has 1 atom stereocenters. The Morgan fingerprint density at radius 1 is 1.14 bits per heavy atom. The summed E-state index contributed by atoms with van der Waals surface area (Å²) in [7, 11) is 0. The number of fused-ring (bicyclic) bond motifs is 1. The molecule has 1 aliphatic heterocycles. The van der Waals surface area contributed by atoms with Crippen LogP contribution in [0.15, 0.2) is 48.5 Å². The first-order valence-corrected chi connectivity index (χ1v) is 7.43. The fourth-order valence-corrected chi connectivity index (χ4v) is 2.58. The van der Waals surface area contributed by atoms with Gasteiger partial charge in [-0.15, -0.1) is 0 Å². The van der Waals surface area contributed by atoms with E-state index >= 15 is 0 Å². The summed E-state index contributed by atoms with van der Waals surface area (Å²) in [4.78, 5) is 0. The van der Waals surface area contributed by atoms with Crippen molar-refractivity contribution >= 4 is 0 Å². The average molecular weight is 283 g/mol. The van der Waals surface area contributed by atoms with Crippen LogP contribution in [-0.4, -0.2) is 12.7 Å². The second-order valence-corrected chi connectivity index (χ2v) is 5.56. The van der Waals surface area contributed by atoms with Crippen LogP contribution >= 0.6 is 0 Å². The second kappa shape index (κ2) is 6.19. The molecule has 0 saturated heterocycles. The summed E-state index contributed by atoms with van der Waals surface area (Å²) < 4.78 is 11.6. The normalized spacial score (nSPS) is 16.6. The molecule has 0 radical (unpaired) electrons. The van der Waals surface area contributed by atoms with Gasteiger partial charge >= 0.3 is 0 Å². The van der Waals surface area contributed by atoms with Crippen molar-refractivity contribution in [1.82, 2.24) is 5.32 Å². The Balaban J connectivity index is 1.69. The summed E-state index contributed by atoms with van der Waals surface area (Å²) in [5.41, 5.74) is 2.41. The van der Waals surface area contributed by atoms with E-state index in [-0.39, 0.29) is 12.1 Å². The fourth-order valence-electron chi connectivity index (χ4n) is 2.58. The highest BCUT2D eigenvalue weighted by Crippen LogP contribution is 2.32. The third-order valence-corrected chi connectivity index (χ3v) is 3.57. The first-order chi connectivity index (χ1) is 10.2. The van der Waals surface area contributed by atoms with Gasteiger partial charge in [-0.25, -0.2) is 0 Å². The van der Waals surface area contributed by atoms with Crippen molar-refractivity contribution in [2.45, 2.75) is 32.5 Å². The number of para-hydroxylation sites is 2. The van der Waals surface area contributed by atoms with Crippen LogP contribution in [0, 0.1) is 0 Å². The molecule has 0 aliphatic carbocycles. The molecule has 0 spiro atoms. The highest BCUT2D eigenvalue weighted by atomic mass is 16.5. The van der Waals surface area contributed by atoms with E-state index < -0.39 is 0 Å². The van der Waals surface area contributed by atoms with Crippen molar-refractivity contribution in [3.05, 3.63) is 59.7 Å². The Morgan fingerprint density at radius 3 is 2.76 bits per heavy atom. The summed E-state index contributed by atoms with van der Waals surface area (Å²) in [6.07, 6.45) is 0.182. The van der Waals surface area contributed by atoms with Gasteiger partial charge in [0.2, 0.25) is 0 Å². The number of benzene rings is 2. The van der Waals surface area contributed by atoms with E-state index in [1.807, 2.05) is 44.2 Å². The number of ether oxygens (including phenoxy) is 2. The SMILES string of the molecule is CC(C)Oc1ccccc1CNC1COc2ccccc21. The molecule has 1 N–H and O–H groups in total. The minimum atomic E-state index is 0.182. The highest BCUT2D eigenvalue weighted by molar-refractivity contribution is 5.39. The number of rotatable bonds is 5. The van der Waals surface area contributed by atoms with Crippen LogP contribution in [0.25, 0.3) is 0 Å². The zero-order valence-electron chi connectivity index (χ0n) is 12.5. The lowest BCUT2D eigenvalue weighted by molar-refractivity contribution is 0.238. The van der Waals surface area contributed by atoms with Gasteiger partial charge < -0.3 is 14.8 Å². The lowest BCUT2D eigenvalue weighted by Gasteiger charge is -2.16. The van der Waals surface area contributed by atoms with Crippen LogP contribution in [0.5, 0.6) is 11.5 Å². The van der Waals surface area contributed by atoms with E-state index in [0.29, 0.717) is 6.61 Å². The third-order valence-electron chi connectivity index (χ3n) is 3.57. The van der Waals surface area contributed by atoms with Crippen molar-refractivity contribution in [2.24, 2.45) is 0 Å². The largest absolute Gasteiger partial charge is 0.491 e. The molecule has 110 valence electrons. The van der Waals surface area contributed by atoms with Gasteiger partial charge in [0.05, 0.1) is 12.1 Å². The fraction of sp³-hybridized carbons (Fsp3) is 0.333. The van der Waals surface area contributed by atoms with E-state index in [4.69, 9.17) is 9.47 Å². The number of hydrogen-bond donors (Lipinski definition) is 1. The third kappa shape index (κ3) is 3.19. The van der Waals surface area contributed by atoms with Crippen molar-refractivity contribution in [3.63, 3.8) is 0 Å². The van der Waals surface area contributed by atoms with Crippen LogP contribution in [0.2, 0.25) is 0 Å². The molecule has 3 nitrogen and oxygen atoms in total. The molecule has 3 rings (SSSR count). The Hall–Kier alpha value is -2.00. The molecule has 0 bridgehead atoms. The van der Waals surface area contributed by atoms with Crippen LogP contribution in [0.4, 0.5) is 0 Å². The van der Waals surface area contributed by atoms with Gasteiger partial charge in [-0.3, -0.25) is 0 Å². The second-order valence-electron chi connectivity index (χ2n) is 5.56. The number of nitrogens with one attached hydrogen (secondary N) is 1. The molecule has 0 saturated carbocycles. The monoisotopic (exact) mass is 283 g/mol. The molecule has 2 aromatic rings. The maximum atomic E-state index is 5.86. The van der Waals surface area contributed by atoms with Gasteiger partial charge in [-0.2, -0.15) is 0 Å². The summed E-state index contributed by atoms with van der Waals surface area (Å²) in [5, 5.41) is 3.56. The molecule has 0 amide bonds. The first-order valence-electron chi connectivity index (χ1n) is 7.43. The molecule has 2 aromatic carbocycles. The average Bonchev–Trinajstić information content (AvgIpc) is 2.89. The molecule has 3 heteroatoms. The van der Waals surface area contributed by atoms with Gasteiger partial charge in [0, 0.05) is 17.7 Å². The zero-order chi connectivity index (χ0) is 14.7.